The Morgan fingerprint density at radius 2 is 2.00 bits per heavy atom. The second-order valence-electron chi connectivity index (χ2n) is 2.70. The zero-order valence-corrected chi connectivity index (χ0v) is 8.59. The summed E-state index contributed by atoms with van der Waals surface area (Å²) in [6, 6.07) is 4.45. The molecule has 0 spiro atoms. The van der Waals surface area contributed by atoms with Gasteiger partial charge in [0, 0.05) is 15.6 Å². The quantitative estimate of drug-likeness (QED) is 0.498. The molecule has 7 heteroatoms. The van der Waals surface area contributed by atoms with Crippen LogP contribution < -0.4 is 5.73 Å². The summed E-state index contributed by atoms with van der Waals surface area (Å²) >= 11 is 6.28. The molecule has 0 heterocycles. The smallest absolute Gasteiger partial charge is 0.448 e. The summed E-state index contributed by atoms with van der Waals surface area (Å²) in [5, 5.41) is 0.421. The Morgan fingerprint density at radius 1 is 1.36 bits per heavy atom. The number of nitrogen functional groups attached to an aromatic ring is 1. The zero-order valence-electron chi connectivity index (χ0n) is 7.01. The van der Waals surface area contributed by atoms with Gasteiger partial charge in [-0.25, -0.2) is 0 Å². The lowest BCUT2D eigenvalue weighted by Crippen LogP contribution is -2.19. The molecule has 1 aromatic carbocycles. The summed E-state index contributed by atoms with van der Waals surface area (Å²) in [5.74, 6) is 0. The molecule has 0 radical (unpaired) electrons. The van der Waals surface area contributed by atoms with Crippen LogP contribution in [0.2, 0.25) is 5.02 Å². The summed E-state index contributed by atoms with van der Waals surface area (Å²) in [5.41, 5.74) is 4.88. The number of hydrogen-bond donors (Lipinski definition) is 1. The predicted octanol–water partition coefficient (Wildman–Crippen LogP) is 3.40. The van der Waals surface area contributed by atoms with Gasteiger partial charge in [-0.3, -0.25) is 0 Å². The van der Waals surface area contributed by atoms with Crippen LogP contribution in [0, 0.1) is 0 Å². The van der Waals surface area contributed by atoms with Crippen LogP contribution in [0.15, 0.2) is 23.1 Å². The molecule has 78 valence electrons. The molecule has 0 aliphatic carbocycles. The summed E-state index contributed by atoms with van der Waals surface area (Å²) < 4.78 is 35.8. The number of halogens is 4. The first-order valence-electron chi connectivity index (χ1n) is 3.77. The van der Waals surface area contributed by atoms with Gasteiger partial charge in [0.05, 0.1) is 0 Å². The van der Waals surface area contributed by atoms with Gasteiger partial charge in [0.25, 0.3) is 0 Å². The van der Waals surface area contributed by atoms with Crippen LogP contribution in [0.5, 0.6) is 0 Å². The second kappa shape index (κ2) is 4.36. The molecule has 0 amide bonds. The Bertz CT molecular complexity index is 331. The molecule has 14 heavy (non-hydrogen) atoms. The minimum absolute atomic E-state index is 0.280. The molecular formula is C7H7BClF3NS-. The normalized spacial score (nSPS) is 11.7. The van der Waals surface area contributed by atoms with Crippen molar-refractivity contribution in [3.63, 3.8) is 0 Å². The third-order valence-corrected chi connectivity index (χ3v) is 2.86. The highest BCUT2D eigenvalue weighted by atomic mass is 35.5. The van der Waals surface area contributed by atoms with Crippen molar-refractivity contribution in [3.05, 3.63) is 23.2 Å². The van der Waals surface area contributed by atoms with Gasteiger partial charge in [-0.1, -0.05) is 11.6 Å². The first kappa shape index (κ1) is 11.6. The van der Waals surface area contributed by atoms with Crippen LogP contribution in [-0.4, -0.2) is 12.6 Å². The third-order valence-electron chi connectivity index (χ3n) is 1.40. The number of thioether (sulfide) groups is 1. The third kappa shape index (κ3) is 3.71. The van der Waals surface area contributed by atoms with E-state index in [0.29, 0.717) is 21.7 Å². The number of rotatable bonds is 3. The molecule has 0 atom stereocenters. The fraction of sp³-hybridized carbons (Fsp3) is 0.143. The Hall–Kier alpha value is -0.485. The van der Waals surface area contributed by atoms with Gasteiger partial charge < -0.3 is 18.7 Å². The maximum Gasteiger partial charge on any atom is 0.488 e. The van der Waals surface area contributed by atoms with E-state index in [2.05, 4.69) is 0 Å². The van der Waals surface area contributed by atoms with Crippen LogP contribution in [0.25, 0.3) is 0 Å². The van der Waals surface area contributed by atoms with E-state index in [-0.39, 0.29) is 5.69 Å². The van der Waals surface area contributed by atoms with Crippen LogP contribution in [0.3, 0.4) is 0 Å². The molecule has 1 aromatic rings. The predicted molar refractivity (Wildman–Crippen MR) is 55.7 cm³/mol. The van der Waals surface area contributed by atoms with Crippen LogP contribution in [-0.2, 0) is 0 Å². The molecule has 0 bridgehead atoms. The first-order chi connectivity index (χ1) is 6.38. The fourth-order valence-corrected chi connectivity index (χ4v) is 1.77. The lowest BCUT2D eigenvalue weighted by molar-refractivity contribution is 0.485. The minimum atomic E-state index is -4.78. The highest BCUT2D eigenvalue weighted by Gasteiger charge is 2.23. The Labute approximate surface area is 88.9 Å². The van der Waals surface area contributed by atoms with Crippen molar-refractivity contribution in [2.75, 3.05) is 11.4 Å². The zero-order chi connectivity index (χ0) is 10.8. The van der Waals surface area contributed by atoms with Crippen LogP contribution >= 0.6 is 23.4 Å². The molecule has 2 N–H and O–H groups in total. The summed E-state index contributed by atoms with van der Waals surface area (Å²) in [4.78, 5) is 0.411. The number of benzene rings is 1. The topological polar surface area (TPSA) is 26.0 Å². The van der Waals surface area contributed by atoms with E-state index in [1.165, 1.54) is 18.2 Å². The summed E-state index contributed by atoms with van der Waals surface area (Å²) in [6.45, 7) is -4.78. The van der Waals surface area contributed by atoms with E-state index in [1.807, 2.05) is 0 Å². The lowest BCUT2D eigenvalue weighted by Gasteiger charge is -2.13. The van der Waals surface area contributed by atoms with Crippen molar-refractivity contribution < 1.29 is 12.9 Å². The standard InChI is InChI=1S/C7H7BClF3NS/c9-5-1-2-7(6(13)3-5)14-4-8(10,11)12/h1-3H,4,13H2/q-1. The van der Waals surface area contributed by atoms with Crippen molar-refractivity contribution in [2.24, 2.45) is 0 Å². The van der Waals surface area contributed by atoms with Crippen molar-refractivity contribution in [1.29, 1.82) is 0 Å². The minimum Gasteiger partial charge on any atom is -0.448 e. The Kier molecular flexibility index (Phi) is 3.61. The van der Waals surface area contributed by atoms with Crippen molar-refractivity contribution in [1.82, 2.24) is 0 Å². The van der Waals surface area contributed by atoms with Crippen LogP contribution in [0.4, 0.5) is 18.6 Å². The average Bonchev–Trinajstić information content (AvgIpc) is 2.00. The monoisotopic (exact) mass is 240 g/mol. The van der Waals surface area contributed by atoms with Crippen LogP contribution in [0.1, 0.15) is 0 Å². The first-order valence-corrected chi connectivity index (χ1v) is 5.13. The average molecular weight is 240 g/mol. The van der Waals surface area contributed by atoms with Gasteiger partial charge in [0.1, 0.15) is 0 Å². The molecule has 0 saturated carbocycles. The summed E-state index contributed by atoms with van der Waals surface area (Å²) in [7, 11) is 0. The second-order valence-corrected chi connectivity index (χ2v) is 4.20. The van der Waals surface area contributed by atoms with Crippen molar-refractivity contribution in [2.45, 2.75) is 4.90 Å². The largest absolute Gasteiger partial charge is 0.488 e. The highest BCUT2D eigenvalue weighted by molar-refractivity contribution is 8.00. The molecule has 0 aromatic heterocycles. The molecule has 0 aliphatic heterocycles. The summed E-state index contributed by atoms with van der Waals surface area (Å²) in [6.07, 6.45) is 0. The molecule has 1 rings (SSSR count). The molecule has 0 saturated heterocycles. The van der Waals surface area contributed by atoms with Crippen molar-refractivity contribution >= 4 is 36.0 Å². The van der Waals surface area contributed by atoms with E-state index < -0.39 is 12.6 Å². The molecular weight excluding hydrogens is 233 g/mol. The van der Waals surface area contributed by atoms with E-state index in [0.717, 1.165) is 0 Å². The van der Waals surface area contributed by atoms with E-state index in [4.69, 9.17) is 17.3 Å². The number of hydrogen-bond acceptors (Lipinski definition) is 2. The molecule has 0 unspecified atom stereocenters. The highest BCUT2D eigenvalue weighted by Crippen LogP contribution is 2.30. The van der Waals surface area contributed by atoms with E-state index >= 15 is 0 Å². The van der Waals surface area contributed by atoms with Gasteiger partial charge in [-0.05, 0) is 23.9 Å². The molecule has 0 fully saturated rings. The fourth-order valence-electron chi connectivity index (χ4n) is 0.835. The number of anilines is 1. The van der Waals surface area contributed by atoms with E-state index in [1.54, 1.807) is 0 Å². The Morgan fingerprint density at radius 3 is 2.50 bits per heavy atom. The number of nitrogens with two attached hydrogens (primary N) is 1. The van der Waals surface area contributed by atoms with Gasteiger partial charge in [0.15, 0.2) is 0 Å². The van der Waals surface area contributed by atoms with Gasteiger partial charge >= 0.3 is 6.98 Å². The molecule has 1 nitrogen and oxygen atoms in total. The lowest BCUT2D eigenvalue weighted by atomic mass is 9.98. The maximum absolute atomic E-state index is 11.9. The van der Waals surface area contributed by atoms with Gasteiger partial charge in [0.2, 0.25) is 0 Å². The Balaban J connectivity index is 2.68. The van der Waals surface area contributed by atoms with Gasteiger partial charge in [-0.2, -0.15) is 11.8 Å². The van der Waals surface area contributed by atoms with E-state index in [9.17, 15) is 12.9 Å². The SMILES string of the molecule is Nc1cc(Cl)ccc1SC[B-](F)(F)F. The van der Waals surface area contributed by atoms with Crippen molar-refractivity contribution in [3.8, 4) is 0 Å². The van der Waals surface area contributed by atoms with Gasteiger partial charge in [-0.15, -0.1) is 0 Å². The maximum atomic E-state index is 11.9. The molecule has 0 aliphatic rings.